The van der Waals surface area contributed by atoms with Gasteiger partial charge in [-0.3, -0.25) is 4.79 Å². The molecule has 4 N–H and O–H groups in total. The van der Waals surface area contributed by atoms with Gasteiger partial charge in [-0.05, 0) is 6.42 Å². The fraction of sp³-hybridized carbons (Fsp3) is 0.667. The maximum Gasteiger partial charge on any atom is 0.362 e. The van der Waals surface area contributed by atoms with Gasteiger partial charge in [0, 0.05) is 6.42 Å². The molecule has 0 aliphatic heterocycles. The number of carboxylic acid groups (broad SMARTS) is 1. The largest absolute Gasteiger partial charge is 0.477 e. The Balaban J connectivity index is 3.24. The summed E-state index contributed by atoms with van der Waals surface area (Å²) in [6.07, 6.45) is 0.975. The summed E-state index contributed by atoms with van der Waals surface area (Å²) in [6, 6.07) is -0.606. The number of carbonyl (C=O) groups excluding carboxylic acids is 1. The monoisotopic (exact) mass is 162 g/mol. The van der Waals surface area contributed by atoms with Crippen LogP contribution in [0.1, 0.15) is 12.8 Å². The van der Waals surface area contributed by atoms with Crippen molar-refractivity contribution in [3.05, 3.63) is 0 Å². The molecule has 0 aliphatic rings. The van der Waals surface area contributed by atoms with Crippen molar-refractivity contribution in [2.75, 3.05) is 6.61 Å². The lowest BCUT2D eigenvalue weighted by molar-refractivity contribution is -0.409. The van der Waals surface area contributed by atoms with Crippen molar-refractivity contribution in [2.45, 2.75) is 18.9 Å². The van der Waals surface area contributed by atoms with Gasteiger partial charge in [-0.1, -0.05) is 0 Å². The number of quaternary nitrogens is 1. The van der Waals surface area contributed by atoms with Crippen molar-refractivity contribution >= 4 is 12.4 Å². The molecule has 0 rings (SSSR count). The molecule has 0 saturated carbocycles. The maximum absolute atomic E-state index is 10.2. The molecule has 0 aliphatic carbocycles. The Morgan fingerprint density at radius 2 is 2.36 bits per heavy atom. The van der Waals surface area contributed by atoms with Gasteiger partial charge in [0.05, 0.1) is 6.61 Å². The highest BCUT2D eigenvalue weighted by Crippen LogP contribution is 1.92. The number of carboxylic acids is 1. The molecule has 5 nitrogen and oxygen atoms in total. The molecule has 0 aromatic carbocycles. The molecular formula is C6H12NO4+. The van der Waals surface area contributed by atoms with Crippen LogP contribution >= 0.6 is 0 Å². The van der Waals surface area contributed by atoms with Crippen LogP contribution in [0.2, 0.25) is 0 Å². The lowest BCUT2D eigenvalue weighted by Crippen LogP contribution is -2.64. The Morgan fingerprint density at radius 1 is 1.73 bits per heavy atom. The molecule has 0 aromatic heterocycles. The van der Waals surface area contributed by atoms with Gasteiger partial charge in [0.25, 0.3) is 6.47 Å². The van der Waals surface area contributed by atoms with E-state index in [0.717, 1.165) is 0 Å². The lowest BCUT2D eigenvalue weighted by atomic mass is 10.2. The fourth-order valence-corrected chi connectivity index (χ4v) is 0.585. The number of hydrogen-bond acceptors (Lipinski definition) is 3. The van der Waals surface area contributed by atoms with Crippen molar-refractivity contribution in [1.29, 1.82) is 0 Å². The van der Waals surface area contributed by atoms with Gasteiger partial charge in [0.1, 0.15) is 0 Å². The topological polar surface area (TPSA) is 91.2 Å². The highest BCUT2D eigenvalue weighted by atomic mass is 16.5. The number of hydrogen-bond donors (Lipinski definition) is 2. The molecule has 0 fully saturated rings. The number of aliphatic carboxylic acids is 1. The van der Waals surface area contributed by atoms with E-state index < -0.39 is 12.0 Å². The van der Waals surface area contributed by atoms with E-state index in [9.17, 15) is 9.59 Å². The van der Waals surface area contributed by atoms with E-state index in [-0.39, 0.29) is 6.61 Å². The summed E-state index contributed by atoms with van der Waals surface area (Å²) in [5.74, 6) is -0.920. The van der Waals surface area contributed by atoms with Gasteiger partial charge in [-0.15, -0.1) is 0 Å². The van der Waals surface area contributed by atoms with Crippen LogP contribution in [0, 0.1) is 0 Å². The third-order valence-corrected chi connectivity index (χ3v) is 1.23. The molecule has 0 amide bonds. The van der Waals surface area contributed by atoms with Crippen LogP contribution in [-0.4, -0.2) is 30.2 Å². The van der Waals surface area contributed by atoms with Crippen molar-refractivity contribution in [2.24, 2.45) is 0 Å². The van der Waals surface area contributed by atoms with Gasteiger partial charge < -0.3 is 15.6 Å². The van der Waals surface area contributed by atoms with E-state index >= 15 is 0 Å². The second-order valence-corrected chi connectivity index (χ2v) is 2.14. The van der Waals surface area contributed by atoms with Gasteiger partial charge in [-0.25, -0.2) is 4.79 Å². The van der Waals surface area contributed by atoms with E-state index in [1.54, 1.807) is 0 Å². The molecular weight excluding hydrogens is 150 g/mol. The van der Waals surface area contributed by atoms with Crippen molar-refractivity contribution in [3.8, 4) is 0 Å². The third-order valence-electron chi connectivity index (χ3n) is 1.23. The number of rotatable bonds is 6. The lowest BCUT2D eigenvalue weighted by Gasteiger charge is -2.01. The summed E-state index contributed by atoms with van der Waals surface area (Å²) < 4.78 is 4.36. The highest BCUT2D eigenvalue weighted by Gasteiger charge is 2.13. The first-order valence-electron chi connectivity index (χ1n) is 3.29. The average Bonchev–Trinajstić information content (AvgIpc) is 1.97. The average molecular weight is 162 g/mol. The minimum absolute atomic E-state index is 0.267. The molecule has 0 radical (unpaired) electrons. The van der Waals surface area contributed by atoms with Crippen LogP contribution < -0.4 is 5.73 Å². The predicted molar refractivity (Wildman–Crippen MR) is 35.6 cm³/mol. The zero-order valence-corrected chi connectivity index (χ0v) is 6.16. The summed E-state index contributed by atoms with van der Waals surface area (Å²) in [5, 5.41) is 8.37. The maximum atomic E-state index is 10.2. The molecule has 0 aromatic rings. The van der Waals surface area contributed by atoms with E-state index in [0.29, 0.717) is 19.3 Å². The van der Waals surface area contributed by atoms with Crippen LogP contribution in [-0.2, 0) is 14.3 Å². The van der Waals surface area contributed by atoms with Crippen LogP contribution in [0.15, 0.2) is 0 Å². The van der Waals surface area contributed by atoms with Crippen molar-refractivity contribution < 1.29 is 25.2 Å². The first-order valence-corrected chi connectivity index (χ1v) is 3.29. The summed E-state index contributed by atoms with van der Waals surface area (Å²) in [6.45, 7) is 0.613. The Morgan fingerprint density at radius 3 is 2.82 bits per heavy atom. The van der Waals surface area contributed by atoms with E-state index in [2.05, 4.69) is 10.5 Å². The first kappa shape index (κ1) is 9.90. The molecule has 0 spiro atoms. The van der Waals surface area contributed by atoms with Crippen LogP contribution in [0.4, 0.5) is 0 Å². The minimum atomic E-state index is -0.920. The van der Waals surface area contributed by atoms with Gasteiger partial charge in [0.15, 0.2) is 6.04 Å². The van der Waals surface area contributed by atoms with Crippen LogP contribution in [0.3, 0.4) is 0 Å². The minimum Gasteiger partial charge on any atom is -0.477 e. The Kier molecular flexibility index (Phi) is 5.10. The Hall–Kier alpha value is -1.10. The number of ether oxygens (including phenoxy) is 1. The van der Waals surface area contributed by atoms with E-state index in [1.807, 2.05) is 0 Å². The molecule has 64 valence electrons. The molecule has 0 heterocycles. The van der Waals surface area contributed by atoms with Crippen LogP contribution in [0.5, 0.6) is 0 Å². The van der Waals surface area contributed by atoms with E-state index in [1.165, 1.54) is 0 Å². The highest BCUT2D eigenvalue weighted by molar-refractivity contribution is 5.71. The second-order valence-electron chi connectivity index (χ2n) is 2.14. The summed E-state index contributed by atoms with van der Waals surface area (Å²) in [5.41, 5.74) is 3.39. The van der Waals surface area contributed by atoms with Crippen molar-refractivity contribution in [1.82, 2.24) is 0 Å². The van der Waals surface area contributed by atoms with Gasteiger partial charge in [0.2, 0.25) is 0 Å². The first-order chi connectivity index (χ1) is 5.18. The fourth-order valence-electron chi connectivity index (χ4n) is 0.585. The molecule has 5 heteroatoms. The molecule has 1 atom stereocenters. The second kappa shape index (κ2) is 5.67. The summed E-state index contributed by atoms with van der Waals surface area (Å²) >= 11 is 0. The molecule has 0 bridgehead atoms. The summed E-state index contributed by atoms with van der Waals surface area (Å²) in [4.78, 5) is 19.8. The smallest absolute Gasteiger partial charge is 0.362 e. The standard InChI is InChI=1S/C6H11NO4/c7-5(6(9)10)2-1-3-11-4-8/h4-5H,1-3,7H2,(H,9,10)/p+1. The van der Waals surface area contributed by atoms with Gasteiger partial charge in [-0.2, -0.15) is 0 Å². The zero-order chi connectivity index (χ0) is 8.69. The van der Waals surface area contributed by atoms with Crippen molar-refractivity contribution in [3.63, 3.8) is 0 Å². The Bertz CT molecular complexity index is 137. The SMILES string of the molecule is [NH3+]C(CCCOC=O)C(=O)O. The van der Waals surface area contributed by atoms with Gasteiger partial charge >= 0.3 is 5.97 Å². The quantitative estimate of drug-likeness (QED) is 0.372. The Labute approximate surface area is 64.1 Å². The normalized spacial score (nSPS) is 12.1. The summed E-state index contributed by atoms with van der Waals surface area (Å²) in [7, 11) is 0. The van der Waals surface area contributed by atoms with E-state index in [4.69, 9.17) is 5.11 Å². The van der Waals surface area contributed by atoms with Crippen LogP contribution in [0.25, 0.3) is 0 Å². The third kappa shape index (κ3) is 5.35. The molecule has 11 heavy (non-hydrogen) atoms. The number of carbonyl (C=O) groups is 2. The molecule has 1 unspecified atom stereocenters. The molecule has 0 saturated heterocycles. The zero-order valence-electron chi connectivity index (χ0n) is 6.16. The predicted octanol–water partition coefficient (Wildman–Crippen LogP) is -1.37.